The summed E-state index contributed by atoms with van der Waals surface area (Å²) >= 11 is 0. The number of unbranched alkanes of at least 4 members (excludes halogenated alkanes) is 1. The van der Waals surface area contributed by atoms with E-state index in [4.69, 9.17) is 34.2 Å². The molecule has 1 aromatic rings. The van der Waals surface area contributed by atoms with Crippen molar-refractivity contribution in [1.82, 2.24) is 0 Å². The lowest BCUT2D eigenvalue weighted by Gasteiger charge is -2.24. The molecule has 0 aliphatic heterocycles. The SMILES string of the molecule is CCCCC(=O)O[C@@H](C)[C@H](C)OC(=O)[C@@H](N)Cc1ccc(OC(=O)OC(C)(C)CC)c(OC(=O)OC(C)(C)CC)c1. The van der Waals surface area contributed by atoms with E-state index in [1.54, 1.807) is 47.6 Å². The minimum Gasteiger partial charge on any atom is -0.459 e. The van der Waals surface area contributed by atoms with Crippen molar-refractivity contribution < 1.29 is 47.6 Å². The Morgan fingerprint density at radius 1 is 0.805 bits per heavy atom. The fourth-order valence-electron chi connectivity index (χ4n) is 3.05. The molecular weight excluding hydrogens is 534 g/mol. The zero-order chi connectivity index (χ0) is 31.4. The molecule has 0 saturated heterocycles. The fourth-order valence-corrected chi connectivity index (χ4v) is 3.05. The Kier molecular flexibility index (Phi) is 14.1. The summed E-state index contributed by atoms with van der Waals surface area (Å²) < 4.78 is 32.1. The minimum absolute atomic E-state index is 0.00960. The molecule has 0 saturated carbocycles. The number of benzene rings is 1. The molecule has 1 rings (SSSR count). The second-order valence-corrected chi connectivity index (χ2v) is 11.2. The van der Waals surface area contributed by atoms with Crippen molar-refractivity contribution in [3.63, 3.8) is 0 Å². The van der Waals surface area contributed by atoms with E-state index in [1.165, 1.54) is 12.1 Å². The molecule has 232 valence electrons. The lowest BCUT2D eigenvalue weighted by molar-refractivity contribution is -0.166. The van der Waals surface area contributed by atoms with Gasteiger partial charge in [0, 0.05) is 6.42 Å². The van der Waals surface area contributed by atoms with Gasteiger partial charge in [-0.05, 0) is 84.9 Å². The van der Waals surface area contributed by atoms with Crippen molar-refractivity contribution in [2.75, 3.05) is 0 Å². The largest absolute Gasteiger partial charge is 0.514 e. The highest BCUT2D eigenvalue weighted by molar-refractivity contribution is 5.76. The molecule has 0 heterocycles. The molecular formula is C30H47NO10. The molecule has 3 atom stereocenters. The lowest BCUT2D eigenvalue weighted by atomic mass is 10.1. The summed E-state index contributed by atoms with van der Waals surface area (Å²) in [5, 5.41) is 0. The van der Waals surface area contributed by atoms with Crippen LogP contribution in [0.4, 0.5) is 9.59 Å². The second kappa shape index (κ2) is 16.2. The van der Waals surface area contributed by atoms with Crippen LogP contribution in [0.3, 0.4) is 0 Å². The van der Waals surface area contributed by atoms with Gasteiger partial charge in [0.15, 0.2) is 11.5 Å². The van der Waals surface area contributed by atoms with Crippen LogP contribution in [0.15, 0.2) is 18.2 Å². The Labute approximate surface area is 243 Å². The van der Waals surface area contributed by atoms with Crippen molar-refractivity contribution in [3.8, 4) is 11.5 Å². The first kappa shape index (κ1) is 35.7. The van der Waals surface area contributed by atoms with Crippen LogP contribution in [0.2, 0.25) is 0 Å². The van der Waals surface area contributed by atoms with E-state index in [0.29, 0.717) is 31.2 Å². The number of carbonyl (C=O) groups excluding carboxylic acids is 4. The maximum atomic E-state index is 12.7. The third-order valence-corrected chi connectivity index (χ3v) is 6.59. The summed E-state index contributed by atoms with van der Waals surface area (Å²) in [4.78, 5) is 49.5. The van der Waals surface area contributed by atoms with Gasteiger partial charge in [0.05, 0.1) is 0 Å². The Bertz CT molecular complexity index is 1040. The monoisotopic (exact) mass is 581 g/mol. The number of nitrogens with two attached hydrogens (primary N) is 1. The van der Waals surface area contributed by atoms with Gasteiger partial charge in [0.2, 0.25) is 0 Å². The van der Waals surface area contributed by atoms with Crippen molar-refractivity contribution in [3.05, 3.63) is 23.8 Å². The molecule has 11 heteroatoms. The van der Waals surface area contributed by atoms with Crippen LogP contribution in [0, 0.1) is 0 Å². The van der Waals surface area contributed by atoms with E-state index in [0.717, 1.165) is 6.42 Å². The van der Waals surface area contributed by atoms with Gasteiger partial charge >= 0.3 is 24.2 Å². The van der Waals surface area contributed by atoms with Crippen LogP contribution in [0.25, 0.3) is 0 Å². The second-order valence-electron chi connectivity index (χ2n) is 11.2. The molecule has 0 aromatic heterocycles. The van der Waals surface area contributed by atoms with E-state index in [9.17, 15) is 19.2 Å². The molecule has 0 bridgehead atoms. The van der Waals surface area contributed by atoms with E-state index in [2.05, 4.69) is 0 Å². The van der Waals surface area contributed by atoms with Crippen molar-refractivity contribution in [1.29, 1.82) is 0 Å². The topological polar surface area (TPSA) is 150 Å². The Balaban J connectivity index is 3.02. The first-order chi connectivity index (χ1) is 19.0. The van der Waals surface area contributed by atoms with Gasteiger partial charge in [0.25, 0.3) is 0 Å². The lowest BCUT2D eigenvalue weighted by Crippen LogP contribution is -2.39. The first-order valence-corrected chi connectivity index (χ1v) is 14.1. The first-order valence-electron chi connectivity index (χ1n) is 14.1. The molecule has 2 N–H and O–H groups in total. The third-order valence-electron chi connectivity index (χ3n) is 6.59. The fraction of sp³-hybridized carbons (Fsp3) is 0.667. The van der Waals surface area contributed by atoms with Crippen molar-refractivity contribution >= 4 is 24.2 Å². The van der Waals surface area contributed by atoms with Gasteiger partial charge in [0.1, 0.15) is 29.5 Å². The summed E-state index contributed by atoms with van der Waals surface area (Å²) in [6.45, 7) is 15.9. The number of esters is 2. The molecule has 0 unspecified atom stereocenters. The summed E-state index contributed by atoms with van der Waals surface area (Å²) in [7, 11) is 0. The molecule has 0 spiro atoms. The van der Waals surface area contributed by atoms with Crippen LogP contribution in [0.1, 0.15) is 100.0 Å². The summed E-state index contributed by atoms with van der Waals surface area (Å²) in [6, 6.07) is 3.31. The average molecular weight is 582 g/mol. The Hall–Kier alpha value is -3.34. The van der Waals surface area contributed by atoms with Gasteiger partial charge in [-0.25, -0.2) is 9.59 Å². The molecule has 0 aliphatic rings. The predicted octanol–water partition coefficient (Wildman–Crippen LogP) is 6.02. The predicted molar refractivity (Wildman–Crippen MR) is 152 cm³/mol. The summed E-state index contributed by atoms with van der Waals surface area (Å²) in [5.41, 5.74) is 5.04. The molecule has 0 radical (unpaired) electrons. The maximum absolute atomic E-state index is 12.7. The normalized spacial score (nSPS) is 13.8. The Morgan fingerprint density at radius 2 is 1.32 bits per heavy atom. The highest BCUT2D eigenvalue weighted by Crippen LogP contribution is 2.31. The molecule has 1 aromatic carbocycles. The maximum Gasteiger partial charge on any atom is 0.514 e. The third kappa shape index (κ3) is 13.2. The number of rotatable bonds is 15. The molecule has 0 fully saturated rings. The van der Waals surface area contributed by atoms with Crippen molar-refractivity contribution in [2.45, 2.75) is 130 Å². The number of ether oxygens (including phenoxy) is 6. The van der Waals surface area contributed by atoms with Crippen LogP contribution in [-0.2, 0) is 35.0 Å². The summed E-state index contributed by atoms with van der Waals surface area (Å²) in [6.07, 6.45) is -0.374. The van der Waals surface area contributed by atoms with Gasteiger partial charge in [-0.3, -0.25) is 9.59 Å². The highest BCUT2D eigenvalue weighted by Gasteiger charge is 2.27. The van der Waals surface area contributed by atoms with E-state index >= 15 is 0 Å². The van der Waals surface area contributed by atoms with E-state index in [1.807, 2.05) is 20.8 Å². The van der Waals surface area contributed by atoms with E-state index in [-0.39, 0.29) is 23.9 Å². The molecule has 41 heavy (non-hydrogen) atoms. The standard InChI is InChI=1S/C30H47NO10/c1-10-13-14-25(32)36-19(4)20(5)37-26(33)22(31)17-21-15-16-23(38-27(34)40-29(6,7)11-2)24(18-21)39-28(35)41-30(8,9)12-3/h15-16,18-20,22H,10-14,17,31H2,1-9H3/t19-,20-,22-/m0/s1. The number of hydrogen-bond acceptors (Lipinski definition) is 11. The van der Waals surface area contributed by atoms with Crippen LogP contribution >= 0.6 is 0 Å². The van der Waals surface area contributed by atoms with Crippen LogP contribution < -0.4 is 15.2 Å². The summed E-state index contributed by atoms with van der Waals surface area (Å²) in [5.74, 6) is -1.26. The highest BCUT2D eigenvalue weighted by atomic mass is 16.8. The zero-order valence-electron chi connectivity index (χ0n) is 25.9. The zero-order valence-corrected chi connectivity index (χ0v) is 25.9. The molecule has 11 nitrogen and oxygen atoms in total. The quantitative estimate of drug-likeness (QED) is 0.147. The van der Waals surface area contributed by atoms with Crippen LogP contribution in [-0.4, -0.2) is 53.7 Å². The number of carbonyl (C=O) groups is 4. The van der Waals surface area contributed by atoms with Crippen molar-refractivity contribution in [2.24, 2.45) is 5.73 Å². The van der Waals surface area contributed by atoms with Gasteiger partial charge in [-0.15, -0.1) is 0 Å². The van der Waals surface area contributed by atoms with Gasteiger partial charge in [-0.2, -0.15) is 0 Å². The smallest absolute Gasteiger partial charge is 0.459 e. The number of hydrogen-bond donors (Lipinski definition) is 1. The van der Waals surface area contributed by atoms with E-state index < -0.39 is 47.7 Å². The van der Waals surface area contributed by atoms with Gasteiger partial charge in [-0.1, -0.05) is 33.3 Å². The van der Waals surface area contributed by atoms with Crippen LogP contribution in [0.5, 0.6) is 11.5 Å². The minimum atomic E-state index is -1.08. The van der Waals surface area contributed by atoms with Gasteiger partial charge < -0.3 is 34.2 Å². The molecule has 0 aliphatic carbocycles. The average Bonchev–Trinajstić information content (AvgIpc) is 2.88. The Morgan fingerprint density at radius 3 is 1.83 bits per heavy atom. The molecule has 0 amide bonds.